The second-order valence-corrected chi connectivity index (χ2v) is 6.38. The van der Waals surface area contributed by atoms with Crippen molar-refractivity contribution in [2.45, 2.75) is 19.1 Å². The summed E-state index contributed by atoms with van der Waals surface area (Å²) in [5.41, 5.74) is 2.57. The van der Waals surface area contributed by atoms with E-state index in [0.717, 1.165) is 45.9 Å². The van der Waals surface area contributed by atoms with Gasteiger partial charge in [0.25, 0.3) is 0 Å². The van der Waals surface area contributed by atoms with Crippen LogP contribution in [0.2, 0.25) is 0 Å². The molecule has 2 saturated heterocycles. The molecule has 2 atom stereocenters. The van der Waals surface area contributed by atoms with Crippen LogP contribution in [0.25, 0.3) is 6.08 Å². The van der Waals surface area contributed by atoms with Crippen LogP contribution in [0.3, 0.4) is 0 Å². The van der Waals surface area contributed by atoms with Gasteiger partial charge in [0.1, 0.15) is 0 Å². The van der Waals surface area contributed by atoms with Gasteiger partial charge >= 0.3 is 0 Å². The minimum atomic E-state index is -0.248. The van der Waals surface area contributed by atoms with Crippen LogP contribution >= 0.6 is 0 Å². The molecule has 0 spiro atoms. The van der Waals surface area contributed by atoms with E-state index in [2.05, 4.69) is 47.1 Å². The fourth-order valence-corrected chi connectivity index (χ4v) is 3.48. The molecular formula is C18H26N2O2. The van der Waals surface area contributed by atoms with Crippen LogP contribution in [0.5, 0.6) is 0 Å². The molecule has 3 rings (SSSR count). The first-order valence-electron chi connectivity index (χ1n) is 8.17. The highest BCUT2D eigenvalue weighted by Gasteiger charge is 2.35. The Bertz CT molecular complexity index is 497. The molecule has 4 nitrogen and oxygen atoms in total. The van der Waals surface area contributed by atoms with Crippen LogP contribution in [0.15, 0.2) is 35.9 Å². The molecule has 0 saturated carbocycles. The molecule has 0 unspecified atom stereocenters. The monoisotopic (exact) mass is 302 g/mol. The number of aliphatic hydroxyl groups is 1. The first-order chi connectivity index (χ1) is 10.7. The molecule has 0 bridgehead atoms. The molecule has 2 aliphatic heterocycles. The molecule has 2 heterocycles. The zero-order valence-corrected chi connectivity index (χ0v) is 13.3. The summed E-state index contributed by atoms with van der Waals surface area (Å²) in [6, 6.07) is 10.7. The van der Waals surface area contributed by atoms with Crippen molar-refractivity contribution in [1.29, 1.82) is 0 Å². The normalized spacial score (nSPS) is 28.2. The fraction of sp³-hybridized carbons (Fsp3) is 0.556. The summed E-state index contributed by atoms with van der Waals surface area (Å²) in [6.07, 6.45) is 1.98. The number of nitrogens with zero attached hydrogens (tertiary/aromatic N) is 2. The Balaban J connectivity index is 1.56. The predicted octanol–water partition coefficient (Wildman–Crippen LogP) is 1.47. The summed E-state index contributed by atoms with van der Waals surface area (Å²) in [6.45, 7) is 8.26. The Morgan fingerprint density at radius 2 is 1.95 bits per heavy atom. The lowest BCUT2D eigenvalue weighted by molar-refractivity contribution is -0.00614. The highest BCUT2D eigenvalue weighted by molar-refractivity contribution is 5.52. The Hall–Kier alpha value is -1.20. The van der Waals surface area contributed by atoms with Gasteiger partial charge in [-0.15, -0.1) is 0 Å². The summed E-state index contributed by atoms with van der Waals surface area (Å²) in [5.74, 6) is 0. The van der Waals surface area contributed by atoms with E-state index in [4.69, 9.17) is 4.74 Å². The third kappa shape index (κ3) is 3.96. The van der Waals surface area contributed by atoms with E-state index in [1.165, 1.54) is 11.1 Å². The van der Waals surface area contributed by atoms with Crippen molar-refractivity contribution in [3.63, 3.8) is 0 Å². The van der Waals surface area contributed by atoms with E-state index in [0.29, 0.717) is 0 Å². The number of aliphatic hydroxyl groups excluding tert-OH is 1. The predicted molar refractivity (Wildman–Crippen MR) is 88.7 cm³/mol. The first-order valence-corrected chi connectivity index (χ1v) is 8.17. The molecule has 4 heteroatoms. The third-order valence-corrected chi connectivity index (χ3v) is 4.54. The van der Waals surface area contributed by atoms with Crippen LogP contribution in [0, 0.1) is 0 Å². The molecule has 120 valence electrons. The minimum Gasteiger partial charge on any atom is -0.390 e. The zero-order valence-electron chi connectivity index (χ0n) is 13.3. The van der Waals surface area contributed by atoms with E-state index in [9.17, 15) is 5.11 Å². The lowest BCUT2D eigenvalue weighted by Gasteiger charge is -2.33. The third-order valence-electron chi connectivity index (χ3n) is 4.54. The first kappa shape index (κ1) is 15.7. The second-order valence-electron chi connectivity index (χ2n) is 6.38. The Labute approximate surface area is 133 Å². The van der Waals surface area contributed by atoms with Gasteiger partial charge in [-0.25, -0.2) is 0 Å². The molecular weight excluding hydrogens is 276 g/mol. The topological polar surface area (TPSA) is 35.9 Å². The highest BCUT2D eigenvalue weighted by Crippen LogP contribution is 2.19. The second kappa shape index (κ2) is 7.38. The summed E-state index contributed by atoms with van der Waals surface area (Å²) in [7, 11) is 0. The zero-order chi connectivity index (χ0) is 15.4. The molecule has 0 radical (unpaired) electrons. The smallest absolute Gasteiger partial charge is 0.0834 e. The van der Waals surface area contributed by atoms with Gasteiger partial charge in [-0.05, 0) is 12.5 Å². The lowest BCUT2D eigenvalue weighted by Crippen LogP contribution is -2.48. The van der Waals surface area contributed by atoms with Crippen molar-refractivity contribution in [2.75, 3.05) is 45.9 Å². The molecule has 2 aliphatic rings. The van der Waals surface area contributed by atoms with Crippen molar-refractivity contribution < 1.29 is 9.84 Å². The quantitative estimate of drug-likeness (QED) is 0.914. The van der Waals surface area contributed by atoms with Crippen molar-refractivity contribution >= 4 is 6.08 Å². The van der Waals surface area contributed by atoms with Gasteiger partial charge in [0.15, 0.2) is 0 Å². The Kier molecular flexibility index (Phi) is 5.26. The highest BCUT2D eigenvalue weighted by atomic mass is 16.5. The number of β-amino-alcohol motifs (C(OH)–C–C–N with tert-alkyl or cyclic N) is 1. The van der Waals surface area contributed by atoms with Crippen molar-refractivity contribution in [1.82, 2.24) is 9.80 Å². The van der Waals surface area contributed by atoms with Gasteiger partial charge in [0.2, 0.25) is 0 Å². The van der Waals surface area contributed by atoms with E-state index in [-0.39, 0.29) is 12.1 Å². The van der Waals surface area contributed by atoms with Crippen LogP contribution in [0.4, 0.5) is 0 Å². The molecule has 1 aromatic rings. The van der Waals surface area contributed by atoms with Gasteiger partial charge in [0, 0.05) is 38.8 Å². The summed E-state index contributed by atoms with van der Waals surface area (Å²) in [5, 5.41) is 10.4. The number of benzene rings is 1. The minimum absolute atomic E-state index is 0.248. The standard InChI is InChI=1S/C18H26N2O2/c1-15(11-16-5-3-2-4-6-16)12-19-13-17(18(21)14-19)20-7-9-22-10-8-20/h2-6,11,17-18,21H,7-10,12-14H2,1H3/t17-,18-/m0/s1. The van der Waals surface area contributed by atoms with E-state index in [1.807, 2.05) is 6.07 Å². The number of hydrogen-bond acceptors (Lipinski definition) is 4. The number of hydrogen-bond donors (Lipinski definition) is 1. The van der Waals surface area contributed by atoms with E-state index in [1.54, 1.807) is 0 Å². The number of morpholine rings is 1. The van der Waals surface area contributed by atoms with E-state index >= 15 is 0 Å². The van der Waals surface area contributed by atoms with Gasteiger partial charge in [0.05, 0.1) is 19.3 Å². The molecule has 22 heavy (non-hydrogen) atoms. The van der Waals surface area contributed by atoms with Gasteiger partial charge in [-0.1, -0.05) is 42.0 Å². The van der Waals surface area contributed by atoms with Crippen LogP contribution in [-0.4, -0.2) is 73.0 Å². The largest absolute Gasteiger partial charge is 0.390 e. The van der Waals surface area contributed by atoms with Gasteiger partial charge < -0.3 is 9.84 Å². The number of likely N-dealkylation sites (tertiary alicyclic amines) is 1. The van der Waals surface area contributed by atoms with Crippen LogP contribution < -0.4 is 0 Å². The maximum atomic E-state index is 10.4. The average molecular weight is 302 g/mol. The SMILES string of the molecule is CC(=Cc1ccccc1)CN1C[C@H](O)[C@@H](N2CCOCC2)C1. The number of rotatable bonds is 4. The molecule has 1 aromatic carbocycles. The van der Waals surface area contributed by atoms with Crippen LogP contribution in [0.1, 0.15) is 12.5 Å². The molecule has 1 N–H and O–H groups in total. The fourth-order valence-electron chi connectivity index (χ4n) is 3.48. The van der Waals surface area contributed by atoms with Gasteiger partial charge in [-0.2, -0.15) is 0 Å². The average Bonchev–Trinajstić information content (AvgIpc) is 2.89. The van der Waals surface area contributed by atoms with E-state index < -0.39 is 0 Å². The Morgan fingerprint density at radius 1 is 1.23 bits per heavy atom. The summed E-state index contributed by atoms with van der Waals surface area (Å²) < 4.78 is 5.41. The van der Waals surface area contributed by atoms with Crippen LogP contribution in [-0.2, 0) is 4.74 Å². The maximum Gasteiger partial charge on any atom is 0.0834 e. The van der Waals surface area contributed by atoms with Gasteiger partial charge in [-0.3, -0.25) is 9.80 Å². The van der Waals surface area contributed by atoms with Crippen molar-refractivity contribution in [3.8, 4) is 0 Å². The number of ether oxygens (including phenoxy) is 1. The van der Waals surface area contributed by atoms with Crippen molar-refractivity contribution in [3.05, 3.63) is 41.5 Å². The molecule has 0 aliphatic carbocycles. The molecule has 0 aromatic heterocycles. The summed E-state index contributed by atoms with van der Waals surface area (Å²) >= 11 is 0. The Morgan fingerprint density at radius 3 is 2.68 bits per heavy atom. The summed E-state index contributed by atoms with van der Waals surface area (Å²) in [4.78, 5) is 4.74. The van der Waals surface area contributed by atoms with Crippen molar-refractivity contribution in [2.24, 2.45) is 0 Å². The molecule has 2 fully saturated rings. The maximum absolute atomic E-state index is 10.4. The lowest BCUT2D eigenvalue weighted by atomic mass is 10.1. The molecule has 0 amide bonds.